The Morgan fingerprint density at radius 1 is 1.26 bits per heavy atom. The maximum atomic E-state index is 11.8. The number of aryl methyl sites for hydroxylation is 2. The summed E-state index contributed by atoms with van der Waals surface area (Å²) >= 11 is 0. The van der Waals surface area contributed by atoms with Crippen LogP contribution in [0.5, 0.6) is 5.75 Å². The molecule has 8 heteroatoms. The van der Waals surface area contributed by atoms with Gasteiger partial charge in [-0.05, 0) is 25.1 Å². The molecule has 2 aromatic heterocycles. The van der Waals surface area contributed by atoms with Gasteiger partial charge in [-0.15, -0.1) is 5.10 Å². The summed E-state index contributed by atoms with van der Waals surface area (Å²) in [6.45, 7) is 1.83. The lowest BCUT2D eigenvalue weighted by molar-refractivity contribution is -0.118. The van der Waals surface area contributed by atoms with E-state index in [0.29, 0.717) is 11.4 Å². The van der Waals surface area contributed by atoms with E-state index in [1.807, 2.05) is 19.1 Å². The maximum absolute atomic E-state index is 11.8. The topological polar surface area (TPSA) is 95.1 Å². The van der Waals surface area contributed by atoms with Crippen LogP contribution in [0.25, 0.3) is 11.6 Å². The second-order valence-corrected chi connectivity index (χ2v) is 4.94. The Morgan fingerprint density at radius 3 is 2.74 bits per heavy atom. The normalized spacial score (nSPS) is 10.5. The number of hydrogen-bond donors (Lipinski definition) is 1. The van der Waals surface area contributed by atoms with Gasteiger partial charge in [-0.1, -0.05) is 22.8 Å². The number of rotatable bonds is 5. The van der Waals surface area contributed by atoms with Gasteiger partial charge in [0.15, 0.2) is 6.61 Å². The number of amides is 1. The number of anilines is 1. The van der Waals surface area contributed by atoms with E-state index in [-0.39, 0.29) is 24.4 Å². The van der Waals surface area contributed by atoms with Crippen LogP contribution in [-0.2, 0) is 11.8 Å². The summed E-state index contributed by atoms with van der Waals surface area (Å²) in [5, 5.41) is 14.2. The highest BCUT2D eigenvalue weighted by molar-refractivity contribution is 5.89. The Bertz CT molecular complexity index is 807. The van der Waals surface area contributed by atoms with E-state index in [1.54, 1.807) is 36.1 Å². The third-order valence-electron chi connectivity index (χ3n) is 2.99. The minimum absolute atomic E-state index is 0.00293. The molecule has 1 amide bonds. The van der Waals surface area contributed by atoms with Crippen LogP contribution in [0.1, 0.15) is 5.56 Å². The molecule has 1 aromatic carbocycles. The van der Waals surface area contributed by atoms with Crippen molar-refractivity contribution in [2.24, 2.45) is 7.05 Å². The van der Waals surface area contributed by atoms with E-state index in [2.05, 4.69) is 20.6 Å². The predicted octanol–water partition coefficient (Wildman–Crippen LogP) is 1.80. The van der Waals surface area contributed by atoms with Gasteiger partial charge < -0.3 is 9.15 Å². The number of carbonyl (C=O) groups excluding carboxylic acids is 1. The Kier molecular flexibility index (Phi) is 4.05. The van der Waals surface area contributed by atoms with Gasteiger partial charge in [-0.25, -0.2) is 0 Å². The molecular formula is C15H15N5O3. The smallest absolute Gasteiger partial charge is 0.322 e. The number of hydrogen-bond acceptors (Lipinski definition) is 6. The lowest BCUT2D eigenvalue weighted by atomic mass is 10.2. The first-order chi connectivity index (χ1) is 11.1. The molecule has 118 valence electrons. The van der Waals surface area contributed by atoms with Crippen molar-refractivity contribution in [2.45, 2.75) is 6.92 Å². The molecule has 0 radical (unpaired) electrons. The molecule has 0 spiro atoms. The lowest BCUT2D eigenvalue weighted by Gasteiger charge is -2.05. The number of benzene rings is 1. The Morgan fingerprint density at radius 2 is 2.04 bits per heavy atom. The van der Waals surface area contributed by atoms with Gasteiger partial charge >= 0.3 is 6.01 Å². The molecule has 0 aliphatic heterocycles. The fraction of sp³-hybridized carbons (Fsp3) is 0.200. The van der Waals surface area contributed by atoms with E-state index in [4.69, 9.17) is 9.15 Å². The number of nitrogens with one attached hydrogen (secondary N) is 1. The molecule has 2 heterocycles. The van der Waals surface area contributed by atoms with Crippen molar-refractivity contribution in [2.75, 3.05) is 11.9 Å². The summed E-state index contributed by atoms with van der Waals surface area (Å²) in [6, 6.07) is 9.15. The second-order valence-electron chi connectivity index (χ2n) is 4.94. The number of ether oxygens (including phenoxy) is 1. The van der Waals surface area contributed by atoms with Gasteiger partial charge in [0.2, 0.25) is 0 Å². The fourth-order valence-corrected chi connectivity index (χ4v) is 1.85. The van der Waals surface area contributed by atoms with E-state index < -0.39 is 0 Å². The van der Waals surface area contributed by atoms with E-state index >= 15 is 0 Å². The third kappa shape index (κ3) is 3.73. The van der Waals surface area contributed by atoms with E-state index in [9.17, 15) is 4.79 Å². The summed E-state index contributed by atoms with van der Waals surface area (Å²) in [7, 11) is 1.78. The zero-order valence-electron chi connectivity index (χ0n) is 12.7. The molecule has 1 N–H and O–H groups in total. The Balaban J connectivity index is 1.56. The van der Waals surface area contributed by atoms with Gasteiger partial charge in [-0.3, -0.25) is 14.8 Å². The van der Waals surface area contributed by atoms with Gasteiger partial charge in [0.25, 0.3) is 11.8 Å². The first-order valence-electron chi connectivity index (χ1n) is 6.93. The van der Waals surface area contributed by atoms with Crippen LogP contribution in [0, 0.1) is 6.92 Å². The third-order valence-corrected chi connectivity index (χ3v) is 2.99. The molecule has 0 fully saturated rings. The molecule has 0 saturated heterocycles. The summed E-state index contributed by atoms with van der Waals surface area (Å²) in [5.41, 5.74) is 1.66. The molecule has 8 nitrogen and oxygen atoms in total. The van der Waals surface area contributed by atoms with Crippen molar-refractivity contribution in [3.8, 4) is 17.3 Å². The SMILES string of the molecule is Cc1ccc(OCC(=O)Nc2nnc(-c3ccn(C)n3)o2)cc1. The maximum Gasteiger partial charge on any atom is 0.322 e. The number of nitrogens with zero attached hydrogens (tertiary/aromatic N) is 4. The molecule has 3 rings (SSSR count). The summed E-state index contributed by atoms with van der Waals surface area (Å²) in [5.74, 6) is 0.465. The van der Waals surface area contributed by atoms with Crippen LogP contribution in [0.3, 0.4) is 0 Å². The molecule has 0 unspecified atom stereocenters. The number of carbonyl (C=O) groups is 1. The zero-order chi connectivity index (χ0) is 16.2. The first kappa shape index (κ1) is 14.8. The Hall–Kier alpha value is -3.16. The highest BCUT2D eigenvalue weighted by Gasteiger charge is 2.13. The first-order valence-corrected chi connectivity index (χ1v) is 6.93. The summed E-state index contributed by atoms with van der Waals surface area (Å²) in [4.78, 5) is 11.8. The fourth-order valence-electron chi connectivity index (χ4n) is 1.85. The lowest BCUT2D eigenvalue weighted by Crippen LogP contribution is -2.20. The quantitative estimate of drug-likeness (QED) is 0.771. The monoisotopic (exact) mass is 313 g/mol. The van der Waals surface area contributed by atoms with Crippen molar-refractivity contribution in [1.82, 2.24) is 20.0 Å². The minimum Gasteiger partial charge on any atom is -0.484 e. The molecule has 23 heavy (non-hydrogen) atoms. The van der Waals surface area contributed by atoms with Gasteiger partial charge in [0.1, 0.15) is 11.4 Å². The summed E-state index contributed by atoms with van der Waals surface area (Å²) < 4.78 is 12.3. The average Bonchev–Trinajstić information content (AvgIpc) is 3.16. The van der Waals surface area contributed by atoms with Crippen LogP contribution in [0.15, 0.2) is 40.9 Å². The molecule has 0 aliphatic rings. The van der Waals surface area contributed by atoms with E-state index in [0.717, 1.165) is 5.56 Å². The van der Waals surface area contributed by atoms with Crippen LogP contribution in [-0.4, -0.2) is 32.5 Å². The molecule has 0 saturated carbocycles. The predicted molar refractivity (Wildman–Crippen MR) is 81.8 cm³/mol. The zero-order valence-corrected chi connectivity index (χ0v) is 12.7. The van der Waals surface area contributed by atoms with Crippen molar-refractivity contribution >= 4 is 11.9 Å². The van der Waals surface area contributed by atoms with Crippen molar-refractivity contribution in [3.05, 3.63) is 42.1 Å². The average molecular weight is 313 g/mol. The van der Waals surface area contributed by atoms with E-state index in [1.165, 1.54) is 0 Å². The van der Waals surface area contributed by atoms with Crippen LogP contribution < -0.4 is 10.1 Å². The highest BCUT2D eigenvalue weighted by Crippen LogP contribution is 2.17. The van der Waals surface area contributed by atoms with Gasteiger partial charge in [0.05, 0.1) is 0 Å². The van der Waals surface area contributed by atoms with Crippen molar-refractivity contribution in [1.29, 1.82) is 0 Å². The molecule has 0 atom stereocenters. The largest absolute Gasteiger partial charge is 0.484 e. The molecule has 3 aromatic rings. The van der Waals surface area contributed by atoms with Gasteiger partial charge in [0, 0.05) is 13.2 Å². The highest BCUT2D eigenvalue weighted by atomic mass is 16.5. The minimum atomic E-state index is -0.387. The number of aromatic nitrogens is 4. The van der Waals surface area contributed by atoms with Crippen molar-refractivity contribution < 1.29 is 13.9 Å². The second kappa shape index (κ2) is 6.30. The van der Waals surface area contributed by atoms with Crippen LogP contribution in [0.4, 0.5) is 6.01 Å². The standard InChI is InChI=1S/C15H15N5O3/c1-10-3-5-11(6-4-10)22-9-13(21)16-15-18-17-14(23-15)12-7-8-20(2)19-12/h3-8H,9H2,1-2H3,(H,16,18,21). The molecule has 0 aliphatic carbocycles. The van der Waals surface area contributed by atoms with Gasteiger partial charge in [-0.2, -0.15) is 5.10 Å². The molecular weight excluding hydrogens is 298 g/mol. The van der Waals surface area contributed by atoms with Crippen LogP contribution >= 0.6 is 0 Å². The Labute approximate surface area is 132 Å². The van der Waals surface area contributed by atoms with Crippen LogP contribution in [0.2, 0.25) is 0 Å². The molecule has 0 bridgehead atoms. The van der Waals surface area contributed by atoms with Crippen molar-refractivity contribution in [3.63, 3.8) is 0 Å². The summed E-state index contributed by atoms with van der Waals surface area (Å²) in [6.07, 6.45) is 1.76.